The molecule has 0 aliphatic rings. The summed E-state index contributed by atoms with van der Waals surface area (Å²) in [6.45, 7) is 0. The summed E-state index contributed by atoms with van der Waals surface area (Å²) < 4.78 is 4.78. The second-order valence-electron chi connectivity index (χ2n) is 27.3. The lowest BCUT2D eigenvalue weighted by Crippen LogP contribution is -2.00. The number of hydrogen-bond acceptors (Lipinski definition) is 6. The summed E-state index contributed by atoms with van der Waals surface area (Å²) >= 11 is 0. The average Bonchev–Trinajstić information content (AvgIpc) is 1.58. The lowest BCUT2D eigenvalue weighted by atomic mass is 9.95. The highest BCUT2D eigenvalue weighted by molar-refractivity contribution is 6.18. The first-order valence-corrected chi connectivity index (χ1v) is 37.1. The molecule has 0 aliphatic heterocycles. The number of nitrogens with zero attached hydrogens (tertiary/aromatic N) is 8. The highest BCUT2D eigenvalue weighted by Gasteiger charge is 2.22. The van der Waals surface area contributed by atoms with Gasteiger partial charge in [0.2, 0.25) is 0 Å². The normalized spacial score (nSPS) is 11.3. The first-order chi connectivity index (χ1) is 54.5. The fourth-order valence-corrected chi connectivity index (χ4v) is 15.2. The molecule has 8 heteroatoms. The summed E-state index contributed by atoms with van der Waals surface area (Å²) in [7, 11) is 0. The maximum absolute atomic E-state index is 4.97. The van der Waals surface area contributed by atoms with Crippen molar-refractivity contribution in [3.8, 4) is 146 Å². The van der Waals surface area contributed by atoms with Gasteiger partial charge in [0.15, 0.2) is 34.9 Å². The Labute approximate surface area is 637 Å². The van der Waals surface area contributed by atoms with Gasteiger partial charge in [0, 0.05) is 66.3 Å². The van der Waals surface area contributed by atoms with Crippen molar-refractivity contribution in [2.75, 3.05) is 0 Å². The van der Waals surface area contributed by atoms with Gasteiger partial charge in [-0.3, -0.25) is 0 Å². The Morgan fingerprint density at radius 2 is 0.418 bits per heavy atom. The minimum absolute atomic E-state index is 0.641. The number of aromatic nitrogens is 8. The maximum Gasteiger partial charge on any atom is 0.164 e. The Morgan fingerprint density at radius 1 is 0.145 bits per heavy atom. The summed E-state index contributed by atoms with van der Waals surface area (Å²) in [5.41, 5.74) is 26.8. The Morgan fingerprint density at radius 3 is 0.864 bits per heavy atom. The molecule has 20 rings (SSSR count). The average molecular weight is 1410 g/mol. The molecule has 0 saturated carbocycles. The largest absolute Gasteiger partial charge is 0.309 e. The quantitative estimate of drug-likeness (QED) is 0.108. The molecule has 0 unspecified atom stereocenters. The molecule has 0 atom stereocenters. The van der Waals surface area contributed by atoms with Gasteiger partial charge in [0.1, 0.15) is 0 Å². The summed E-state index contributed by atoms with van der Waals surface area (Å²) in [6, 6.07) is 145. The summed E-state index contributed by atoms with van der Waals surface area (Å²) in [5, 5.41) is 4.94. The van der Waals surface area contributed by atoms with Crippen LogP contribution in [-0.2, 0) is 0 Å². The standard InChI is InChI=1S/2C51H34N4/c1-5-15-35(16-6-1)41-31-32-46-45(34-41)48-44(25-14-26-47(48)55(46)43-23-11-4-12-24-43)37-29-27-36(28-30-37)40-21-13-22-42(33-40)51-53-49(38-17-7-2-8-18-38)52-50(54-51)39-19-9-3-10-20-39;1-5-15-35(16-6-1)41-31-32-45-47(34-41)55(43-23-11-4-12-24-43)46-26-14-25-44(48(45)46)42-22-13-21-40(33-42)36-27-29-39(30-28-36)51-53-49(37-17-7-2-8-18-37)52-50(54-51)38-19-9-3-10-20-38/h2*1-34H. The van der Waals surface area contributed by atoms with Crippen molar-refractivity contribution in [1.82, 2.24) is 39.0 Å². The Hall–Kier alpha value is -14.9. The van der Waals surface area contributed by atoms with Crippen LogP contribution < -0.4 is 0 Å². The van der Waals surface area contributed by atoms with Crippen LogP contribution in [-0.4, -0.2) is 39.0 Å². The zero-order valence-electron chi connectivity index (χ0n) is 59.8. The smallest absolute Gasteiger partial charge is 0.164 e. The van der Waals surface area contributed by atoms with Crippen LogP contribution in [0, 0.1) is 0 Å². The Bertz CT molecular complexity index is 6580. The van der Waals surface area contributed by atoms with Crippen LogP contribution >= 0.6 is 0 Å². The van der Waals surface area contributed by atoms with Crippen LogP contribution in [0.1, 0.15) is 0 Å². The van der Waals surface area contributed by atoms with Gasteiger partial charge < -0.3 is 9.13 Å². The molecule has 0 aliphatic carbocycles. The topological polar surface area (TPSA) is 87.2 Å². The molecule has 0 bridgehead atoms. The number of para-hydroxylation sites is 2. The van der Waals surface area contributed by atoms with Gasteiger partial charge in [-0.2, -0.15) is 0 Å². The van der Waals surface area contributed by atoms with E-state index in [1.807, 2.05) is 121 Å². The number of rotatable bonds is 14. The molecule has 0 N–H and O–H groups in total. The van der Waals surface area contributed by atoms with E-state index in [1.165, 1.54) is 88.1 Å². The van der Waals surface area contributed by atoms with Crippen LogP contribution in [0.3, 0.4) is 0 Å². The predicted octanol–water partition coefficient (Wildman–Crippen LogP) is 25.9. The fraction of sp³-hybridized carbons (Fsp3) is 0. The molecular weight excluding hydrogens is 1340 g/mol. The highest BCUT2D eigenvalue weighted by Crippen LogP contribution is 2.44. The van der Waals surface area contributed by atoms with E-state index in [-0.39, 0.29) is 0 Å². The van der Waals surface area contributed by atoms with E-state index >= 15 is 0 Å². The summed E-state index contributed by atoms with van der Waals surface area (Å²) in [5.74, 6) is 3.89. The third-order valence-corrected chi connectivity index (χ3v) is 20.5. The van der Waals surface area contributed by atoms with Crippen LogP contribution in [0.4, 0.5) is 0 Å². The predicted molar refractivity (Wildman–Crippen MR) is 454 cm³/mol. The third kappa shape index (κ3) is 12.9. The van der Waals surface area contributed by atoms with Gasteiger partial charge in [-0.1, -0.05) is 346 Å². The first kappa shape index (κ1) is 65.9. The van der Waals surface area contributed by atoms with E-state index in [0.717, 1.165) is 67.0 Å². The van der Waals surface area contributed by atoms with Gasteiger partial charge in [-0.15, -0.1) is 0 Å². The number of fused-ring (bicyclic) bond motifs is 6. The number of hydrogen-bond donors (Lipinski definition) is 0. The van der Waals surface area contributed by atoms with Gasteiger partial charge in [0.05, 0.1) is 22.1 Å². The fourth-order valence-electron chi connectivity index (χ4n) is 15.2. The van der Waals surface area contributed by atoms with E-state index in [2.05, 4.69) is 300 Å². The Kier molecular flexibility index (Phi) is 17.5. The molecule has 20 aromatic rings. The molecule has 0 fully saturated rings. The van der Waals surface area contributed by atoms with Crippen molar-refractivity contribution in [3.05, 3.63) is 413 Å². The molecule has 8 nitrogen and oxygen atoms in total. The second-order valence-corrected chi connectivity index (χ2v) is 27.3. The third-order valence-electron chi connectivity index (χ3n) is 20.5. The monoisotopic (exact) mass is 1400 g/mol. The minimum atomic E-state index is 0.641. The second kappa shape index (κ2) is 29.2. The van der Waals surface area contributed by atoms with Gasteiger partial charge in [-0.05, 0) is 133 Å². The summed E-state index contributed by atoms with van der Waals surface area (Å²) in [4.78, 5) is 29.5. The van der Waals surface area contributed by atoms with E-state index < -0.39 is 0 Å². The van der Waals surface area contributed by atoms with Crippen molar-refractivity contribution in [1.29, 1.82) is 0 Å². The molecule has 516 valence electrons. The Balaban J connectivity index is 0.000000149. The lowest BCUT2D eigenvalue weighted by molar-refractivity contribution is 1.07. The molecular formula is C102H68N8. The molecule has 4 heterocycles. The van der Waals surface area contributed by atoms with Crippen LogP contribution in [0.25, 0.3) is 190 Å². The first-order valence-electron chi connectivity index (χ1n) is 37.1. The number of benzene rings is 16. The highest BCUT2D eigenvalue weighted by atomic mass is 15.0. The SMILES string of the molecule is c1ccc(-c2ccc3c(c2)c2c(-c4ccc(-c5cccc(-c6nc(-c7ccccc7)nc(-c7ccccc7)n6)c5)cc4)cccc2n3-c2ccccc2)cc1.c1ccc(-c2ccc3c4c(-c5cccc(-c6ccc(-c7nc(-c8ccccc8)nc(-c8ccccc8)n7)cc6)c5)cccc4n(-c4ccccc4)c3c2)cc1. The van der Waals surface area contributed by atoms with Crippen molar-refractivity contribution >= 4 is 43.6 Å². The molecule has 0 spiro atoms. The van der Waals surface area contributed by atoms with Crippen LogP contribution in [0.5, 0.6) is 0 Å². The van der Waals surface area contributed by atoms with Gasteiger partial charge in [-0.25, -0.2) is 29.9 Å². The van der Waals surface area contributed by atoms with Crippen molar-refractivity contribution < 1.29 is 0 Å². The van der Waals surface area contributed by atoms with Crippen molar-refractivity contribution in [2.45, 2.75) is 0 Å². The molecule has 0 radical (unpaired) electrons. The molecule has 16 aromatic carbocycles. The van der Waals surface area contributed by atoms with Gasteiger partial charge in [0.25, 0.3) is 0 Å². The molecule has 0 amide bonds. The van der Waals surface area contributed by atoms with Crippen LogP contribution in [0.15, 0.2) is 413 Å². The van der Waals surface area contributed by atoms with E-state index in [9.17, 15) is 0 Å². The summed E-state index contributed by atoms with van der Waals surface area (Å²) in [6.07, 6.45) is 0. The minimum Gasteiger partial charge on any atom is -0.309 e. The molecule has 0 saturated heterocycles. The molecule has 4 aromatic heterocycles. The van der Waals surface area contributed by atoms with Crippen molar-refractivity contribution in [2.24, 2.45) is 0 Å². The molecule has 110 heavy (non-hydrogen) atoms. The van der Waals surface area contributed by atoms with E-state index in [1.54, 1.807) is 0 Å². The zero-order chi connectivity index (χ0) is 73.1. The van der Waals surface area contributed by atoms with E-state index in [4.69, 9.17) is 29.9 Å². The zero-order valence-corrected chi connectivity index (χ0v) is 59.8. The van der Waals surface area contributed by atoms with Crippen molar-refractivity contribution in [3.63, 3.8) is 0 Å². The van der Waals surface area contributed by atoms with Gasteiger partial charge >= 0.3 is 0 Å². The lowest BCUT2D eigenvalue weighted by Gasteiger charge is -2.11. The maximum atomic E-state index is 4.97. The van der Waals surface area contributed by atoms with Crippen LogP contribution in [0.2, 0.25) is 0 Å². The van der Waals surface area contributed by atoms with E-state index in [0.29, 0.717) is 34.9 Å².